The molecule has 0 aliphatic carbocycles. The zero-order valence-electron chi connectivity index (χ0n) is 12.0. The van der Waals surface area contributed by atoms with E-state index in [-0.39, 0.29) is 24.7 Å². The quantitative estimate of drug-likeness (QED) is 0.865. The second-order valence-corrected chi connectivity index (χ2v) is 5.13. The van der Waals surface area contributed by atoms with E-state index in [0.717, 1.165) is 6.07 Å². The Hall–Kier alpha value is -2.58. The van der Waals surface area contributed by atoms with Crippen molar-refractivity contribution in [2.24, 2.45) is 0 Å². The summed E-state index contributed by atoms with van der Waals surface area (Å²) in [4.78, 5) is 17.1. The number of alkyl halides is 3. The van der Waals surface area contributed by atoms with Gasteiger partial charge in [-0.3, -0.25) is 4.79 Å². The summed E-state index contributed by atoms with van der Waals surface area (Å²) < 4.78 is 48.6. The van der Waals surface area contributed by atoms with Gasteiger partial charge in [-0.1, -0.05) is 5.16 Å². The summed E-state index contributed by atoms with van der Waals surface area (Å²) in [6.45, 7) is 1.99. The summed E-state index contributed by atoms with van der Waals surface area (Å²) in [5.41, 5.74) is -0.772. The van der Waals surface area contributed by atoms with Crippen LogP contribution in [0.15, 0.2) is 28.9 Å². The van der Waals surface area contributed by atoms with Crippen LogP contribution >= 0.6 is 0 Å². The number of aryl methyl sites for hydroxylation is 1. The molecule has 2 aromatic rings. The van der Waals surface area contributed by atoms with Crippen molar-refractivity contribution in [2.75, 3.05) is 13.1 Å². The van der Waals surface area contributed by atoms with Crippen molar-refractivity contribution in [1.82, 2.24) is 15.0 Å². The van der Waals surface area contributed by atoms with Crippen molar-refractivity contribution in [2.45, 2.75) is 19.2 Å². The van der Waals surface area contributed by atoms with Gasteiger partial charge in [-0.2, -0.15) is 13.2 Å². The van der Waals surface area contributed by atoms with Crippen LogP contribution in [0, 0.1) is 6.92 Å². The highest BCUT2D eigenvalue weighted by molar-refractivity contribution is 5.92. The Kier molecular flexibility index (Phi) is 3.70. The van der Waals surface area contributed by atoms with Crippen LogP contribution in [0.2, 0.25) is 0 Å². The molecular formula is C14H12F3N3O3. The molecule has 3 rings (SSSR count). The number of ether oxygens (including phenoxy) is 1. The molecule has 0 bridgehead atoms. The smallest absolute Gasteiger partial charge is 0.421 e. The fourth-order valence-electron chi connectivity index (χ4n) is 2.17. The lowest BCUT2D eigenvalue weighted by Gasteiger charge is -2.38. The van der Waals surface area contributed by atoms with Crippen LogP contribution in [-0.2, 0) is 6.18 Å². The third kappa shape index (κ3) is 3.13. The van der Waals surface area contributed by atoms with E-state index in [9.17, 15) is 18.0 Å². The lowest BCUT2D eigenvalue weighted by molar-refractivity contribution is -0.140. The first-order chi connectivity index (χ1) is 10.8. The zero-order chi connectivity index (χ0) is 16.6. The van der Waals surface area contributed by atoms with Crippen molar-refractivity contribution in [3.8, 4) is 5.88 Å². The summed E-state index contributed by atoms with van der Waals surface area (Å²) in [6.07, 6.45) is -3.85. The van der Waals surface area contributed by atoms with Crippen LogP contribution in [0.4, 0.5) is 13.2 Å². The van der Waals surface area contributed by atoms with Gasteiger partial charge in [-0.15, -0.1) is 0 Å². The number of nitrogens with zero attached hydrogens (tertiary/aromatic N) is 3. The third-order valence-electron chi connectivity index (χ3n) is 3.34. The van der Waals surface area contributed by atoms with Crippen LogP contribution in [0.3, 0.4) is 0 Å². The van der Waals surface area contributed by atoms with Crippen LogP contribution in [0.25, 0.3) is 0 Å². The Balaban J connectivity index is 1.62. The Morgan fingerprint density at radius 2 is 2.17 bits per heavy atom. The molecule has 3 heterocycles. The monoisotopic (exact) mass is 327 g/mol. The SMILES string of the molecule is Cc1cc(C(=O)N2CC(Oc3ncccc3C(F)(F)F)C2)no1. The van der Waals surface area contributed by atoms with E-state index < -0.39 is 23.7 Å². The molecule has 122 valence electrons. The lowest BCUT2D eigenvalue weighted by atomic mass is 10.1. The maximum absolute atomic E-state index is 12.8. The zero-order valence-corrected chi connectivity index (χ0v) is 12.0. The molecular weight excluding hydrogens is 315 g/mol. The maximum atomic E-state index is 12.8. The highest BCUT2D eigenvalue weighted by Gasteiger charge is 2.39. The minimum atomic E-state index is -4.54. The number of likely N-dealkylation sites (tertiary alicyclic amines) is 1. The van der Waals surface area contributed by atoms with Gasteiger partial charge in [0.05, 0.1) is 13.1 Å². The first-order valence-corrected chi connectivity index (χ1v) is 6.76. The van der Waals surface area contributed by atoms with E-state index in [1.807, 2.05) is 0 Å². The highest BCUT2D eigenvalue weighted by atomic mass is 19.4. The van der Waals surface area contributed by atoms with E-state index in [4.69, 9.17) is 9.26 Å². The van der Waals surface area contributed by atoms with Gasteiger partial charge in [0, 0.05) is 12.3 Å². The summed E-state index contributed by atoms with van der Waals surface area (Å²) in [6, 6.07) is 3.60. The number of carbonyl (C=O) groups is 1. The van der Waals surface area contributed by atoms with E-state index in [1.54, 1.807) is 6.92 Å². The first kappa shape index (κ1) is 15.3. The second kappa shape index (κ2) is 5.56. The van der Waals surface area contributed by atoms with Crippen LogP contribution in [0.1, 0.15) is 21.8 Å². The summed E-state index contributed by atoms with van der Waals surface area (Å²) in [7, 11) is 0. The molecule has 23 heavy (non-hydrogen) atoms. The molecule has 1 fully saturated rings. The van der Waals surface area contributed by atoms with Gasteiger partial charge in [0.15, 0.2) is 5.69 Å². The molecule has 0 radical (unpaired) electrons. The number of halogens is 3. The molecule has 9 heteroatoms. The Morgan fingerprint density at radius 3 is 2.78 bits per heavy atom. The number of aromatic nitrogens is 2. The van der Waals surface area contributed by atoms with Gasteiger partial charge in [0.2, 0.25) is 5.88 Å². The molecule has 2 aromatic heterocycles. The lowest BCUT2D eigenvalue weighted by Crippen LogP contribution is -2.56. The molecule has 0 unspecified atom stereocenters. The van der Waals surface area contributed by atoms with Crippen molar-refractivity contribution < 1.29 is 27.2 Å². The molecule has 6 nitrogen and oxygen atoms in total. The van der Waals surface area contributed by atoms with Crippen LogP contribution < -0.4 is 4.74 Å². The first-order valence-electron chi connectivity index (χ1n) is 6.76. The maximum Gasteiger partial charge on any atom is 0.421 e. The van der Waals surface area contributed by atoms with Crippen LogP contribution in [-0.4, -0.2) is 40.1 Å². The Labute approximate surface area is 128 Å². The normalized spacial score (nSPS) is 15.4. The van der Waals surface area contributed by atoms with Gasteiger partial charge in [-0.25, -0.2) is 4.98 Å². The number of pyridine rings is 1. The molecule has 0 spiro atoms. The molecule has 0 N–H and O–H groups in total. The molecule has 1 amide bonds. The van der Waals surface area contributed by atoms with Crippen molar-refractivity contribution in [3.63, 3.8) is 0 Å². The average Bonchev–Trinajstić information content (AvgIpc) is 2.88. The van der Waals surface area contributed by atoms with E-state index in [0.29, 0.717) is 5.76 Å². The van der Waals surface area contributed by atoms with Gasteiger partial charge in [0.1, 0.15) is 17.4 Å². The predicted octanol–water partition coefficient (Wildman–Crippen LogP) is 2.30. The number of amides is 1. The predicted molar refractivity (Wildman–Crippen MR) is 70.8 cm³/mol. The number of rotatable bonds is 3. The molecule has 0 saturated carbocycles. The molecule has 1 saturated heterocycles. The van der Waals surface area contributed by atoms with Gasteiger partial charge in [0.25, 0.3) is 5.91 Å². The minimum Gasteiger partial charge on any atom is -0.470 e. The average molecular weight is 327 g/mol. The number of hydrogen-bond donors (Lipinski definition) is 0. The number of hydrogen-bond acceptors (Lipinski definition) is 5. The molecule has 0 atom stereocenters. The van der Waals surface area contributed by atoms with E-state index in [2.05, 4.69) is 10.1 Å². The minimum absolute atomic E-state index is 0.162. The van der Waals surface area contributed by atoms with Crippen LogP contribution in [0.5, 0.6) is 5.88 Å². The van der Waals surface area contributed by atoms with Gasteiger partial charge < -0.3 is 14.2 Å². The van der Waals surface area contributed by atoms with Crippen molar-refractivity contribution >= 4 is 5.91 Å². The molecule has 1 aliphatic rings. The third-order valence-corrected chi connectivity index (χ3v) is 3.34. The van der Waals surface area contributed by atoms with Gasteiger partial charge >= 0.3 is 6.18 Å². The summed E-state index contributed by atoms with van der Waals surface area (Å²) in [5.74, 6) is -0.321. The second-order valence-electron chi connectivity index (χ2n) is 5.13. The summed E-state index contributed by atoms with van der Waals surface area (Å²) >= 11 is 0. The largest absolute Gasteiger partial charge is 0.470 e. The fourth-order valence-corrected chi connectivity index (χ4v) is 2.17. The van der Waals surface area contributed by atoms with E-state index in [1.165, 1.54) is 23.2 Å². The number of carbonyl (C=O) groups excluding carboxylic acids is 1. The van der Waals surface area contributed by atoms with E-state index >= 15 is 0 Å². The Bertz CT molecular complexity index is 723. The van der Waals surface area contributed by atoms with Crippen molar-refractivity contribution in [1.29, 1.82) is 0 Å². The summed E-state index contributed by atoms with van der Waals surface area (Å²) in [5, 5.41) is 3.61. The van der Waals surface area contributed by atoms with Crippen molar-refractivity contribution in [3.05, 3.63) is 41.4 Å². The molecule has 0 aromatic carbocycles. The standard InChI is InChI=1S/C14H12F3N3O3/c1-8-5-11(19-23-8)13(21)20-6-9(7-20)22-12-10(14(15,16)17)3-2-4-18-12/h2-5,9H,6-7H2,1H3. The topological polar surface area (TPSA) is 68.5 Å². The fraction of sp³-hybridized carbons (Fsp3) is 0.357. The van der Waals surface area contributed by atoms with Gasteiger partial charge in [-0.05, 0) is 19.1 Å². The molecule has 1 aliphatic heterocycles. The highest BCUT2D eigenvalue weighted by Crippen LogP contribution is 2.35. The Morgan fingerprint density at radius 1 is 1.43 bits per heavy atom.